The number of halogens is 6. The number of hydrogen-bond donors (Lipinski definition) is 0. The summed E-state index contributed by atoms with van der Waals surface area (Å²) in [5, 5.41) is 0. The molecule has 0 aromatic carbocycles. The van der Waals surface area contributed by atoms with E-state index in [-0.39, 0.29) is 0 Å². The van der Waals surface area contributed by atoms with Crippen molar-refractivity contribution in [2.75, 3.05) is 17.8 Å². The van der Waals surface area contributed by atoms with Gasteiger partial charge in [0, 0.05) is 0 Å². The summed E-state index contributed by atoms with van der Waals surface area (Å²) in [7, 11) is -9.94. The standard InChI is InChI=1S/C17H37S.F6P/c1-4-6-8-10-12-14-16-18(3)17-15-13-11-9-7-5-2;1-7(2,3,4,5)6/h4-17H2,1-3H3;/q+1;-1. The van der Waals surface area contributed by atoms with E-state index in [0.29, 0.717) is 10.9 Å². The molecular formula is C17H37F6PS. The van der Waals surface area contributed by atoms with Crippen molar-refractivity contribution in [3.63, 3.8) is 0 Å². The van der Waals surface area contributed by atoms with E-state index >= 15 is 0 Å². The van der Waals surface area contributed by atoms with Gasteiger partial charge >= 0.3 is 33.0 Å². The van der Waals surface area contributed by atoms with Crippen molar-refractivity contribution < 1.29 is 25.2 Å². The molecule has 0 amide bonds. The third-order valence-corrected chi connectivity index (χ3v) is 5.66. The van der Waals surface area contributed by atoms with E-state index in [0.717, 1.165) is 0 Å². The molecule has 0 spiro atoms. The Hall–Kier alpha value is 0.360. The second-order valence-corrected chi connectivity index (χ2v) is 11.0. The molecule has 0 saturated carbocycles. The first kappa shape index (κ1) is 27.6. The van der Waals surface area contributed by atoms with E-state index in [4.69, 9.17) is 0 Å². The Morgan fingerprint density at radius 3 is 1.04 bits per heavy atom. The van der Waals surface area contributed by atoms with Crippen LogP contribution in [0.5, 0.6) is 0 Å². The normalized spacial score (nSPS) is 14.6. The molecule has 0 aliphatic carbocycles. The molecule has 0 radical (unpaired) electrons. The summed E-state index contributed by atoms with van der Waals surface area (Å²) in [6, 6.07) is 0. The molecule has 0 heterocycles. The van der Waals surface area contributed by atoms with Gasteiger partial charge in [-0.2, -0.15) is 0 Å². The van der Waals surface area contributed by atoms with Crippen LogP contribution in [0.4, 0.5) is 25.2 Å². The molecule has 0 aliphatic heterocycles. The van der Waals surface area contributed by atoms with Gasteiger partial charge in [0.15, 0.2) is 0 Å². The summed E-state index contributed by atoms with van der Waals surface area (Å²) >= 11 is 0. The monoisotopic (exact) mass is 418 g/mol. The van der Waals surface area contributed by atoms with Gasteiger partial charge < -0.3 is 0 Å². The van der Waals surface area contributed by atoms with Gasteiger partial charge in [-0.25, -0.2) is 0 Å². The maximum absolute atomic E-state index is 10.7. The molecule has 0 rings (SSSR count). The van der Waals surface area contributed by atoms with Gasteiger partial charge in [0.2, 0.25) is 0 Å². The summed E-state index contributed by atoms with van der Waals surface area (Å²) in [6.07, 6.45) is 19.9. The molecule has 8 heteroatoms. The van der Waals surface area contributed by atoms with Crippen molar-refractivity contribution in [2.45, 2.75) is 90.9 Å². The van der Waals surface area contributed by atoms with Gasteiger partial charge in [0.05, 0.1) is 6.26 Å². The van der Waals surface area contributed by atoms with Gasteiger partial charge in [-0.3, -0.25) is 0 Å². The fourth-order valence-electron chi connectivity index (χ4n) is 2.36. The average molecular weight is 419 g/mol. The van der Waals surface area contributed by atoms with Gasteiger partial charge in [-0.15, -0.1) is 0 Å². The minimum atomic E-state index is -10.7. The Morgan fingerprint density at radius 1 is 0.520 bits per heavy atom. The van der Waals surface area contributed by atoms with Gasteiger partial charge in [0.1, 0.15) is 11.5 Å². The van der Waals surface area contributed by atoms with E-state index in [1.165, 1.54) is 88.6 Å². The molecule has 0 aromatic heterocycles. The fraction of sp³-hybridized carbons (Fsp3) is 1.00. The summed E-state index contributed by atoms with van der Waals surface area (Å²) in [5.41, 5.74) is 0. The molecule has 0 nitrogen and oxygen atoms in total. The maximum atomic E-state index is 9.87. The van der Waals surface area contributed by atoms with Crippen LogP contribution in [-0.4, -0.2) is 17.8 Å². The first-order valence-electron chi connectivity index (χ1n) is 9.41. The molecule has 0 unspecified atom stereocenters. The SMILES string of the molecule is CCCCCCCC[S+](C)CCCCCCCC.F[P-](F)(F)(F)(F)F. The van der Waals surface area contributed by atoms with E-state index < -0.39 is 7.81 Å². The fourth-order valence-corrected chi connectivity index (χ4v) is 3.96. The second kappa shape index (κ2) is 12.7. The first-order valence-corrected chi connectivity index (χ1v) is 13.4. The molecule has 0 aliphatic rings. The van der Waals surface area contributed by atoms with Crippen molar-refractivity contribution >= 4 is 18.7 Å². The molecule has 0 saturated heterocycles. The summed E-state index contributed by atoms with van der Waals surface area (Å²) in [6.45, 7) is 4.59. The van der Waals surface area contributed by atoms with E-state index in [1.54, 1.807) is 0 Å². The molecular weight excluding hydrogens is 381 g/mol. The van der Waals surface area contributed by atoms with Crippen molar-refractivity contribution in [2.24, 2.45) is 0 Å². The van der Waals surface area contributed by atoms with E-state index in [2.05, 4.69) is 20.1 Å². The molecule has 0 N–H and O–H groups in total. The number of unbranched alkanes of at least 4 members (excludes halogenated alkanes) is 10. The van der Waals surface area contributed by atoms with Crippen LogP contribution in [0.1, 0.15) is 90.9 Å². The third-order valence-electron chi connectivity index (χ3n) is 3.69. The van der Waals surface area contributed by atoms with E-state index in [1.807, 2.05) is 0 Å². The topological polar surface area (TPSA) is 0 Å². The zero-order chi connectivity index (χ0) is 19.9. The molecule has 158 valence electrons. The zero-order valence-electron chi connectivity index (χ0n) is 16.0. The number of rotatable bonds is 14. The van der Waals surface area contributed by atoms with Crippen molar-refractivity contribution in [3.8, 4) is 0 Å². The van der Waals surface area contributed by atoms with Crippen LogP contribution in [0.3, 0.4) is 0 Å². The predicted octanol–water partition coefficient (Wildman–Crippen LogP) is 9.34. The van der Waals surface area contributed by atoms with Crippen LogP contribution < -0.4 is 0 Å². The van der Waals surface area contributed by atoms with Gasteiger partial charge in [-0.05, 0) is 36.6 Å². The Kier molecular flexibility index (Phi) is 14.0. The quantitative estimate of drug-likeness (QED) is 0.114. The predicted molar refractivity (Wildman–Crippen MR) is 103 cm³/mol. The van der Waals surface area contributed by atoms with Crippen LogP contribution in [0, 0.1) is 0 Å². The molecule has 25 heavy (non-hydrogen) atoms. The van der Waals surface area contributed by atoms with Crippen molar-refractivity contribution in [3.05, 3.63) is 0 Å². The van der Waals surface area contributed by atoms with Crippen LogP contribution in [0.15, 0.2) is 0 Å². The van der Waals surface area contributed by atoms with Crippen molar-refractivity contribution in [1.29, 1.82) is 0 Å². The van der Waals surface area contributed by atoms with Crippen LogP contribution >= 0.6 is 7.81 Å². The van der Waals surface area contributed by atoms with Crippen LogP contribution in [0.2, 0.25) is 0 Å². The zero-order valence-corrected chi connectivity index (χ0v) is 17.7. The Bertz CT molecular complexity index is 276. The Balaban J connectivity index is 0. The Labute approximate surface area is 153 Å². The molecule has 0 fully saturated rings. The Morgan fingerprint density at radius 2 is 0.760 bits per heavy atom. The van der Waals surface area contributed by atoms with Crippen LogP contribution in [0.25, 0.3) is 0 Å². The minimum absolute atomic E-state index is 0.716. The summed E-state index contributed by atoms with van der Waals surface area (Å²) in [5.74, 6) is 3.00. The molecule has 0 aromatic rings. The molecule has 0 atom stereocenters. The van der Waals surface area contributed by atoms with Gasteiger partial charge in [-0.1, -0.05) is 65.2 Å². The first-order chi connectivity index (χ1) is 11.3. The van der Waals surface area contributed by atoms with E-state index in [9.17, 15) is 25.2 Å². The summed E-state index contributed by atoms with van der Waals surface area (Å²) < 4.78 is 59.2. The van der Waals surface area contributed by atoms with Gasteiger partial charge in [0.25, 0.3) is 0 Å². The van der Waals surface area contributed by atoms with Crippen molar-refractivity contribution in [1.82, 2.24) is 0 Å². The van der Waals surface area contributed by atoms with Crippen LogP contribution in [-0.2, 0) is 10.9 Å². The molecule has 0 bridgehead atoms. The summed E-state index contributed by atoms with van der Waals surface area (Å²) in [4.78, 5) is 0. The second-order valence-electron chi connectivity index (χ2n) is 6.68. The number of hydrogen-bond acceptors (Lipinski definition) is 0. The average Bonchev–Trinajstić information content (AvgIpc) is 2.43. The third kappa shape index (κ3) is 45.5.